The van der Waals surface area contributed by atoms with E-state index in [4.69, 9.17) is 16.3 Å². The van der Waals surface area contributed by atoms with Gasteiger partial charge in [0, 0.05) is 11.1 Å². The molecule has 0 aliphatic heterocycles. The maximum Gasteiger partial charge on any atom is 0.260 e. The number of hydrogen-bond donors (Lipinski definition) is 1. The molecule has 1 aromatic rings. The molecule has 1 amide bonds. The van der Waals surface area contributed by atoms with Gasteiger partial charge in [-0.25, -0.2) is 0 Å². The first kappa shape index (κ1) is 15.2. The lowest BCUT2D eigenvalue weighted by Gasteiger charge is -2.28. The maximum atomic E-state index is 12.1. The molecule has 1 aliphatic carbocycles. The van der Waals surface area contributed by atoms with E-state index in [2.05, 4.69) is 12.2 Å². The van der Waals surface area contributed by atoms with Gasteiger partial charge in [0.15, 0.2) is 6.10 Å². The van der Waals surface area contributed by atoms with Crippen molar-refractivity contribution in [3.8, 4) is 5.75 Å². The van der Waals surface area contributed by atoms with Crippen molar-refractivity contribution in [1.82, 2.24) is 5.32 Å². The Bertz CT molecular complexity index is 456. The van der Waals surface area contributed by atoms with E-state index < -0.39 is 6.10 Å². The van der Waals surface area contributed by atoms with Crippen LogP contribution in [0.1, 0.15) is 39.5 Å². The molecule has 0 aromatic heterocycles. The van der Waals surface area contributed by atoms with E-state index in [0.29, 0.717) is 16.8 Å². The molecule has 1 N–H and O–H groups in total. The summed E-state index contributed by atoms with van der Waals surface area (Å²) in [5.41, 5.74) is 0. The number of nitrogens with one attached hydrogen (secondary N) is 1. The van der Waals surface area contributed by atoms with E-state index in [1.54, 1.807) is 25.1 Å². The van der Waals surface area contributed by atoms with Crippen LogP contribution in [0.4, 0.5) is 0 Å². The highest BCUT2D eigenvalue weighted by Gasteiger charge is 2.22. The van der Waals surface area contributed by atoms with Crippen LogP contribution >= 0.6 is 11.6 Å². The summed E-state index contributed by atoms with van der Waals surface area (Å²) in [6.07, 6.45) is 4.00. The van der Waals surface area contributed by atoms with E-state index in [0.717, 1.165) is 18.8 Å². The number of halogens is 1. The molecule has 0 radical (unpaired) electrons. The summed E-state index contributed by atoms with van der Waals surface area (Å²) in [5, 5.41) is 3.68. The van der Waals surface area contributed by atoms with Crippen LogP contribution in [0.2, 0.25) is 5.02 Å². The van der Waals surface area contributed by atoms with Gasteiger partial charge in [0.1, 0.15) is 5.75 Å². The Labute approximate surface area is 125 Å². The number of ether oxygens (including phenoxy) is 1. The Kier molecular flexibility index (Phi) is 5.30. The van der Waals surface area contributed by atoms with Gasteiger partial charge < -0.3 is 10.1 Å². The van der Waals surface area contributed by atoms with Crippen LogP contribution in [0.25, 0.3) is 0 Å². The molecule has 1 aliphatic rings. The summed E-state index contributed by atoms with van der Waals surface area (Å²) >= 11 is 5.90. The van der Waals surface area contributed by atoms with Crippen molar-refractivity contribution in [2.24, 2.45) is 5.92 Å². The number of amides is 1. The molecule has 4 heteroatoms. The van der Waals surface area contributed by atoms with Gasteiger partial charge in [-0.05, 0) is 56.7 Å². The fourth-order valence-electron chi connectivity index (χ4n) is 2.52. The van der Waals surface area contributed by atoms with Gasteiger partial charge in [0.05, 0.1) is 0 Å². The second-order valence-corrected chi connectivity index (χ2v) is 6.12. The third kappa shape index (κ3) is 4.41. The van der Waals surface area contributed by atoms with E-state index >= 15 is 0 Å². The number of benzene rings is 1. The third-order valence-electron chi connectivity index (χ3n) is 3.84. The topological polar surface area (TPSA) is 38.3 Å². The summed E-state index contributed by atoms with van der Waals surface area (Å²) in [4.78, 5) is 12.1. The largest absolute Gasteiger partial charge is 0.481 e. The second-order valence-electron chi connectivity index (χ2n) is 5.68. The van der Waals surface area contributed by atoms with Gasteiger partial charge in [-0.1, -0.05) is 24.6 Å². The smallest absolute Gasteiger partial charge is 0.260 e. The van der Waals surface area contributed by atoms with Crippen molar-refractivity contribution in [2.45, 2.75) is 51.7 Å². The Hall–Kier alpha value is -1.22. The highest BCUT2D eigenvalue weighted by atomic mass is 35.5. The maximum absolute atomic E-state index is 12.1. The molecule has 0 heterocycles. The van der Waals surface area contributed by atoms with Crippen molar-refractivity contribution in [2.75, 3.05) is 0 Å². The SMILES string of the molecule is CC1CCC(NC(=O)[C@@H](C)Oc2cccc(Cl)c2)CC1. The third-order valence-corrected chi connectivity index (χ3v) is 4.08. The van der Waals surface area contributed by atoms with Gasteiger partial charge in [0.25, 0.3) is 5.91 Å². The molecule has 0 bridgehead atoms. The Balaban J connectivity index is 1.83. The summed E-state index contributed by atoms with van der Waals surface area (Å²) in [6.45, 7) is 4.03. The van der Waals surface area contributed by atoms with Crippen LogP contribution in [0.5, 0.6) is 5.75 Å². The van der Waals surface area contributed by atoms with Crippen LogP contribution in [0, 0.1) is 5.92 Å². The lowest BCUT2D eigenvalue weighted by Crippen LogP contribution is -2.43. The minimum Gasteiger partial charge on any atom is -0.481 e. The summed E-state index contributed by atoms with van der Waals surface area (Å²) in [6, 6.07) is 7.41. The lowest BCUT2D eigenvalue weighted by molar-refractivity contribution is -0.128. The predicted molar refractivity (Wildman–Crippen MR) is 81.1 cm³/mol. The van der Waals surface area contributed by atoms with Crippen molar-refractivity contribution >= 4 is 17.5 Å². The van der Waals surface area contributed by atoms with Gasteiger partial charge in [-0.15, -0.1) is 0 Å². The molecule has 3 nitrogen and oxygen atoms in total. The molecule has 1 atom stereocenters. The van der Waals surface area contributed by atoms with Gasteiger partial charge in [-0.3, -0.25) is 4.79 Å². The molecule has 0 unspecified atom stereocenters. The molecule has 20 heavy (non-hydrogen) atoms. The van der Waals surface area contributed by atoms with Crippen LogP contribution in [0.15, 0.2) is 24.3 Å². The molecular weight excluding hydrogens is 274 g/mol. The summed E-state index contributed by atoms with van der Waals surface area (Å²) in [5.74, 6) is 1.35. The van der Waals surface area contributed by atoms with Crippen molar-refractivity contribution in [1.29, 1.82) is 0 Å². The highest BCUT2D eigenvalue weighted by Crippen LogP contribution is 2.23. The molecular formula is C16H22ClNO2. The lowest BCUT2D eigenvalue weighted by atomic mass is 9.87. The Morgan fingerprint density at radius 3 is 2.70 bits per heavy atom. The fourth-order valence-corrected chi connectivity index (χ4v) is 2.70. The Morgan fingerprint density at radius 1 is 1.35 bits per heavy atom. The number of carbonyl (C=O) groups excluding carboxylic acids is 1. The molecule has 1 fully saturated rings. The zero-order valence-corrected chi connectivity index (χ0v) is 12.8. The minimum atomic E-state index is -0.507. The first-order valence-corrected chi connectivity index (χ1v) is 7.65. The summed E-state index contributed by atoms with van der Waals surface area (Å²) < 4.78 is 5.62. The molecule has 110 valence electrons. The number of hydrogen-bond acceptors (Lipinski definition) is 2. The first-order chi connectivity index (χ1) is 9.54. The molecule has 0 spiro atoms. The average Bonchev–Trinajstić information content (AvgIpc) is 2.41. The molecule has 2 rings (SSSR count). The predicted octanol–water partition coefficient (Wildman–Crippen LogP) is 3.80. The zero-order chi connectivity index (χ0) is 14.5. The minimum absolute atomic E-state index is 0.0514. The number of rotatable bonds is 4. The fraction of sp³-hybridized carbons (Fsp3) is 0.562. The van der Waals surface area contributed by atoms with Gasteiger partial charge in [-0.2, -0.15) is 0 Å². The number of carbonyl (C=O) groups is 1. The van der Waals surface area contributed by atoms with Crippen LogP contribution in [-0.4, -0.2) is 18.1 Å². The highest BCUT2D eigenvalue weighted by molar-refractivity contribution is 6.30. The summed E-state index contributed by atoms with van der Waals surface area (Å²) in [7, 11) is 0. The quantitative estimate of drug-likeness (QED) is 0.917. The molecule has 0 saturated heterocycles. The van der Waals surface area contributed by atoms with E-state index in [1.165, 1.54) is 12.8 Å². The van der Waals surface area contributed by atoms with E-state index in [-0.39, 0.29) is 5.91 Å². The van der Waals surface area contributed by atoms with Crippen molar-refractivity contribution in [3.63, 3.8) is 0 Å². The molecule has 1 aromatic carbocycles. The Morgan fingerprint density at radius 2 is 2.05 bits per heavy atom. The monoisotopic (exact) mass is 295 g/mol. The van der Waals surface area contributed by atoms with E-state index in [9.17, 15) is 4.79 Å². The zero-order valence-electron chi connectivity index (χ0n) is 12.1. The van der Waals surface area contributed by atoms with Crippen molar-refractivity contribution < 1.29 is 9.53 Å². The molecule has 1 saturated carbocycles. The van der Waals surface area contributed by atoms with Crippen molar-refractivity contribution in [3.05, 3.63) is 29.3 Å². The first-order valence-electron chi connectivity index (χ1n) is 7.27. The van der Waals surface area contributed by atoms with E-state index in [1.807, 2.05) is 6.07 Å². The second kappa shape index (κ2) is 6.98. The van der Waals surface area contributed by atoms with Crippen LogP contribution < -0.4 is 10.1 Å². The standard InChI is InChI=1S/C16H22ClNO2/c1-11-6-8-14(9-7-11)18-16(19)12(2)20-15-5-3-4-13(17)10-15/h3-5,10-12,14H,6-9H2,1-2H3,(H,18,19)/t11?,12-,14?/m1/s1. The van der Waals surface area contributed by atoms with Gasteiger partial charge >= 0.3 is 0 Å². The van der Waals surface area contributed by atoms with Crippen LogP contribution in [-0.2, 0) is 4.79 Å². The average molecular weight is 296 g/mol. The normalized spacial score (nSPS) is 23.9. The van der Waals surface area contributed by atoms with Crippen LogP contribution in [0.3, 0.4) is 0 Å². The van der Waals surface area contributed by atoms with Gasteiger partial charge in [0.2, 0.25) is 0 Å².